The molecular weight excluding hydrogens is 378 g/mol. The first-order valence-corrected chi connectivity index (χ1v) is 10.5. The molecule has 2 N–H and O–H groups in total. The Morgan fingerprint density at radius 1 is 1.14 bits per heavy atom. The first kappa shape index (κ1) is 20.0. The van der Waals surface area contributed by atoms with Crippen molar-refractivity contribution in [3.8, 4) is 0 Å². The minimum atomic E-state index is -3.85. The fourth-order valence-electron chi connectivity index (χ4n) is 2.95. The summed E-state index contributed by atoms with van der Waals surface area (Å²) in [5, 5.41) is 5.40. The number of hydrogen-bond donors (Lipinski definition) is 2. The van der Waals surface area contributed by atoms with Crippen molar-refractivity contribution in [2.45, 2.75) is 24.7 Å². The zero-order chi connectivity index (χ0) is 20.3. The van der Waals surface area contributed by atoms with E-state index in [4.69, 9.17) is 0 Å². The van der Waals surface area contributed by atoms with E-state index in [2.05, 4.69) is 24.5 Å². The second-order valence-corrected chi connectivity index (χ2v) is 8.89. The molecule has 28 heavy (non-hydrogen) atoms. The van der Waals surface area contributed by atoms with E-state index in [9.17, 15) is 18.0 Å². The monoisotopic (exact) mass is 401 g/mol. The highest BCUT2D eigenvalue weighted by atomic mass is 32.2. The summed E-state index contributed by atoms with van der Waals surface area (Å²) in [6, 6.07) is 13.4. The molecule has 0 radical (unpaired) electrons. The maximum Gasteiger partial charge on any atom is 0.255 e. The molecule has 1 aliphatic heterocycles. The van der Waals surface area contributed by atoms with Gasteiger partial charge in [0.15, 0.2) is 0 Å². The van der Waals surface area contributed by atoms with Crippen molar-refractivity contribution in [3.63, 3.8) is 0 Å². The summed E-state index contributed by atoms with van der Waals surface area (Å²) < 4.78 is 26.7. The quantitative estimate of drug-likeness (QED) is 0.803. The van der Waals surface area contributed by atoms with Crippen molar-refractivity contribution in [1.82, 2.24) is 9.62 Å². The summed E-state index contributed by atoms with van der Waals surface area (Å²) >= 11 is 0. The number of amides is 2. The zero-order valence-electron chi connectivity index (χ0n) is 15.8. The molecule has 0 bridgehead atoms. The van der Waals surface area contributed by atoms with Crippen molar-refractivity contribution in [2.24, 2.45) is 0 Å². The highest BCUT2D eigenvalue weighted by molar-refractivity contribution is 7.89. The van der Waals surface area contributed by atoms with Crippen LogP contribution >= 0.6 is 0 Å². The van der Waals surface area contributed by atoms with Gasteiger partial charge in [-0.15, -0.1) is 0 Å². The van der Waals surface area contributed by atoms with Gasteiger partial charge in [0.25, 0.3) is 5.91 Å². The third-order valence-electron chi connectivity index (χ3n) is 4.55. The summed E-state index contributed by atoms with van der Waals surface area (Å²) in [5.41, 5.74) is 1.98. The van der Waals surface area contributed by atoms with Gasteiger partial charge in [-0.1, -0.05) is 32.0 Å². The largest absolute Gasteiger partial charge is 0.354 e. The van der Waals surface area contributed by atoms with E-state index in [1.165, 1.54) is 18.2 Å². The van der Waals surface area contributed by atoms with Gasteiger partial charge < -0.3 is 10.6 Å². The van der Waals surface area contributed by atoms with Gasteiger partial charge in [0.1, 0.15) is 0 Å². The Hall–Kier alpha value is -2.71. The van der Waals surface area contributed by atoms with Crippen molar-refractivity contribution in [2.75, 3.05) is 25.0 Å². The second-order valence-electron chi connectivity index (χ2n) is 6.95. The Morgan fingerprint density at radius 2 is 1.89 bits per heavy atom. The number of hydrogen-bond acceptors (Lipinski definition) is 4. The molecule has 8 heteroatoms. The number of sulfonamides is 1. The summed E-state index contributed by atoms with van der Waals surface area (Å²) in [6.07, 6.45) is 0. The highest BCUT2D eigenvalue weighted by Gasteiger charge is 2.29. The molecule has 2 amide bonds. The number of nitrogens with zero attached hydrogens (tertiary/aromatic N) is 1. The van der Waals surface area contributed by atoms with Gasteiger partial charge in [-0.05, 0) is 41.8 Å². The van der Waals surface area contributed by atoms with Crippen LogP contribution in [0.4, 0.5) is 5.69 Å². The molecule has 0 aliphatic carbocycles. The lowest BCUT2D eigenvalue weighted by Crippen LogP contribution is -2.49. The molecule has 0 spiro atoms. The standard InChI is InChI=1S/C20H23N3O4S/c1-14(2)15-5-3-7-17(11-15)22-20(25)16-6-4-8-18(12-16)28(26,27)23-10-9-21-19(24)13-23/h3-8,11-12,14H,9-10,13H2,1-2H3,(H,21,24)(H,22,25). The number of carbonyl (C=O) groups excluding carboxylic acids is 2. The minimum Gasteiger partial charge on any atom is -0.354 e. The molecule has 0 aromatic heterocycles. The molecule has 3 rings (SSSR count). The maximum absolute atomic E-state index is 12.8. The molecule has 7 nitrogen and oxygen atoms in total. The van der Waals surface area contributed by atoms with Crippen molar-refractivity contribution < 1.29 is 18.0 Å². The Kier molecular flexibility index (Phi) is 5.81. The molecule has 1 fully saturated rings. The number of nitrogens with one attached hydrogen (secondary N) is 2. The van der Waals surface area contributed by atoms with Crippen LogP contribution in [-0.2, 0) is 14.8 Å². The molecule has 148 valence electrons. The smallest absolute Gasteiger partial charge is 0.255 e. The lowest BCUT2D eigenvalue weighted by atomic mass is 10.0. The van der Waals surface area contributed by atoms with Crippen molar-refractivity contribution in [3.05, 3.63) is 59.7 Å². The first-order chi connectivity index (χ1) is 13.3. The third-order valence-corrected chi connectivity index (χ3v) is 6.39. The van der Waals surface area contributed by atoms with E-state index < -0.39 is 15.9 Å². The van der Waals surface area contributed by atoms with Gasteiger partial charge in [0.05, 0.1) is 11.4 Å². The maximum atomic E-state index is 12.8. The number of piperazine rings is 1. The fraction of sp³-hybridized carbons (Fsp3) is 0.300. The molecule has 2 aromatic carbocycles. The molecule has 1 aliphatic rings. The number of anilines is 1. The van der Waals surface area contributed by atoms with E-state index in [1.807, 2.05) is 18.2 Å². The molecule has 1 saturated heterocycles. The average Bonchev–Trinajstić information content (AvgIpc) is 2.68. The summed E-state index contributed by atoms with van der Waals surface area (Å²) in [6.45, 7) is 4.38. The van der Waals surface area contributed by atoms with Gasteiger partial charge in [0, 0.05) is 24.3 Å². The van der Waals surface area contributed by atoms with E-state index in [-0.39, 0.29) is 36.0 Å². The Bertz CT molecular complexity index is 1000. The molecule has 2 aromatic rings. The van der Waals surface area contributed by atoms with E-state index >= 15 is 0 Å². The summed E-state index contributed by atoms with van der Waals surface area (Å²) in [5.74, 6) is -0.407. The predicted octanol–water partition coefficient (Wildman–Crippen LogP) is 2.18. The van der Waals surface area contributed by atoms with Crippen LogP contribution in [0.1, 0.15) is 35.7 Å². The van der Waals surface area contributed by atoms with E-state index in [1.54, 1.807) is 12.1 Å². The minimum absolute atomic E-state index is 0.00854. The number of carbonyl (C=O) groups is 2. The fourth-order valence-corrected chi connectivity index (χ4v) is 4.39. The van der Waals surface area contributed by atoms with Crippen LogP contribution in [0.2, 0.25) is 0 Å². The number of rotatable bonds is 5. The molecule has 0 unspecified atom stereocenters. The van der Waals surface area contributed by atoms with E-state index in [0.29, 0.717) is 11.6 Å². The predicted molar refractivity (Wildman–Crippen MR) is 107 cm³/mol. The van der Waals surface area contributed by atoms with E-state index in [0.717, 1.165) is 9.87 Å². The van der Waals surface area contributed by atoms with Gasteiger partial charge in [-0.3, -0.25) is 9.59 Å². The van der Waals surface area contributed by atoms with Crippen LogP contribution in [0.15, 0.2) is 53.4 Å². The SMILES string of the molecule is CC(C)c1cccc(NC(=O)c2cccc(S(=O)(=O)N3CCNC(=O)C3)c2)c1. The Labute approximate surface area is 164 Å². The third kappa shape index (κ3) is 4.40. The van der Waals surface area contributed by atoms with Gasteiger partial charge >= 0.3 is 0 Å². The van der Waals surface area contributed by atoms with Crippen LogP contribution in [-0.4, -0.2) is 44.2 Å². The summed E-state index contributed by atoms with van der Waals surface area (Å²) in [4.78, 5) is 24.1. The normalized spacial score (nSPS) is 15.3. The molecule has 0 saturated carbocycles. The average molecular weight is 401 g/mol. The first-order valence-electron chi connectivity index (χ1n) is 9.05. The highest BCUT2D eigenvalue weighted by Crippen LogP contribution is 2.21. The van der Waals surface area contributed by atoms with Crippen LogP contribution in [0, 0.1) is 0 Å². The second kappa shape index (κ2) is 8.12. The Morgan fingerprint density at radius 3 is 2.61 bits per heavy atom. The van der Waals surface area contributed by atoms with Gasteiger partial charge in [-0.2, -0.15) is 4.31 Å². The topological polar surface area (TPSA) is 95.6 Å². The van der Waals surface area contributed by atoms with Gasteiger partial charge in [-0.25, -0.2) is 8.42 Å². The zero-order valence-corrected chi connectivity index (χ0v) is 16.6. The molecular formula is C20H23N3O4S. The Balaban J connectivity index is 1.81. The molecule has 1 heterocycles. The van der Waals surface area contributed by atoms with Crippen molar-refractivity contribution in [1.29, 1.82) is 0 Å². The van der Waals surface area contributed by atoms with Gasteiger partial charge in [0.2, 0.25) is 15.9 Å². The lowest BCUT2D eigenvalue weighted by molar-refractivity contribution is -0.122. The lowest BCUT2D eigenvalue weighted by Gasteiger charge is -2.26. The summed E-state index contributed by atoms with van der Waals surface area (Å²) in [7, 11) is -3.85. The van der Waals surface area contributed by atoms with Crippen LogP contribution in [0.3, 0.4) is 0 Å². The van der Waals surface area contributed by atoms with Crippen LogP contribution < -0.4 is 10.6 Å². The van der Waals surface area contributed by atoms with Crippen molar-refractivity contribution >= 4 is 27.5 Å². The number of benzene rings is 2. The van der Waals surface area contributed by atoms with Crippen LogP contribution in [0.5, 0.6) is 0 Å². The molecule has 0 atom stereocenters. The van der Waals surface area contributed by atoms with Crippen LogP contribution in [0.25, 0.3) is 0 Å².